The highest BCUT2D eigenvalue weighted by Crippen LogP contribution is 2.26. The van der Waals surface area contributed by atoms with Crippen molar-refractivity contribution in [3.05, 3.63) is 63.4 Å². The summed E-state index contributed by atoms with van der Waals surface area (Å²) >= 11 is 5.82. The second kappa shape index (κ2) is 5.70. The Kier molecular flexibility index (Phi) is 4.20. The average Bonchev–Trinajstić information content (AvgIpc) is 2.38. The molecule has 1 unspecified atom stereocenters. The molecule has 3 N–H and O–H groups in total. The van der Waals surface area contributed by atoms with Crippen molar-refractivity contribution in [2.24, 2.45) is 5.84 Å². The zero-order valence-electron chi connectivity index (χ0n) is 11.4. The molecule has 4 heteroatoms. The summed E-state index contributed by atoms with van der Waals surface area (Å²) in [6.45, 7) is 6.31. The summed E-state index contributed by atoms with van der Waals surface area (Å²) in [6, 6.07) is 7.98. The number of pyridine rings is 1. The zero-order valence-corrected chi connectivity index (χ0v) is 12.1. The van der Waals surface area contributed by atoms with E-state index in [4.69, 9.17) is 17.4 Å². The van der Waals surface area contributed by atoms with E-state index in [0.717, 1.165) is 11.1 Å². The van der Waals surface area contributed by atoms with Crippen LogP contribution in [0.3, 0.4) is 0 Å². The number of nitrogens with zero attached hydrogens (tertiary/aromatic N) is 1. The molecule has 2 aromatic rings. The van der Waals surface area contributed by atoms with Gasteiger partial charge in [0.25, 0.3) is 0 Å². The fourth-order valence-electron chi connectivity index (χ4n) is 2.22. The van der Waals surface area contributed by atoms with Gasteiger partial charge in [-0.3, -0.25) is 5.84 Å². The Bertz CT molecular complexity index is 579. The summed E-state index contributed by atoms with van der Waals surface area (Å²) in [5.74, 6) is 5.72. The highest BCUT2D eigenvalue weighted by atomic mass is 35.5. The molecular weight excluding hydrogens is 258 g/mol. The summed E-state index contributed by atoms with van der Waals surface area (Å²) < 4.78 is 0. The number of nitrogens with two attached hydrogens (primary N) is 1. The number of aromatic nitrogens is 1. The first-order valence-electron chi connectivity index (χ1n) is 6.18. The van der Waals surface area contributed by atoms with Crippen LogP contribution in [0, 0.1) is 20.8 Å². The maximum Gasteiger partial charge on any atom is 0.129 e. The third-order valence-electron chi connectivity index (χ3n) is 3.44. The zero-order chi connectivity index (χ0) is 14.0. The standard InChI is InChI=1S/C15H18ClN3/c1-9-6-11(3)13(7-10(9)2)15(19-17)12-4-5-14(16)18-8-12/h4-8,15,19H,17H2,1-3H3. The third-order valence-corrected chi connectivity index (χ3v) is 3.67. The van der Waals surface area contributed by atoms with Gasteiger partial charge in [-0.05, 0) is 54.7 Å². The van der Waals surface area contributed by atoms with Crippen molar-refractivity contribution in [2.45, 2.75) is 26.8 Å². The minimum atomic E-state index is -0.0796. The molecule has 0 fully saturated rings. The lowest BCUT2D eigenvalue weighted by atomic mass is 9.93. The van der Waals surface area contributed by atoms with Crippen LogP contribution in [0.25, 0.3) is 0 Å². The smallest absolute Gasteiger partial charge is 0.129 e. The van der Waals surface area contributed by atoms with Gasteiger partial charge in [-0.25, -0.2) is 10.4 Å². The van der Waals surface area contributed by atoms with Crippen molar-refractivity contribution in [3.63, 3.8) is 0 Å². The van der Waals surface area contributed by atoms with E-state index in [9.17, 15) is 0 Å². The van der Waals surface area contributed by atoms with Crippen LogP contribution in [-0.4, -0.2) is 4.98 Å². The van der Waals surface area contributed by atoms with Crippen LogP contribution >= 0.6 is 11.6 Å². The summed E-state index contributed by atoms with van der Waals surface area (Å²) in [6.07, 6.45) is 1.75. The Morgan fingerprint density at radius 3 is 2.37 bits per heavy atom. The Morgan fingerprint density at radius 2 is 1.79 bits per heavy atom. The Labute approximate surface area is 118 Å². The second-order valence-electron chi connectivity index (χ2n) is 4.81. The fourth-order valence-corrected chi connectivity index (χ4v) is 2.33. The Balaban J connectivity index is 2.47. The first-order chi connectivity index (χ1) is 9.02. The number of aryl methyl sites for hydroxylation is 3. The number of hydrazine groups is 1. The SMILES string of the molecule is Cc1cc(C)c(C(NN)c2ccc(Cl)nc2)cc1C. The van der Waals surface area contributed by atoms with E-state index in [2.05, 4.69) is 43.3 Å². The quantitative estimate of drug-likeness (QED) is 0.514. The molecule has 100 valence electrons. The molecule has 0 aliphatic heterocycles. The average molecular weight is 276 g/mol. The number of benzene rings is 1. The van der Waals surface area contributed by atoms with Crippen molar-refractivity contribution < 1.29 is 0 Å². The van der Waals surface area contributed by atoms with Crippen molar-refractivity contribution in [1.82, 2.24) is 10.4 Å². The lowest BCUT2D eigenvalue weighted by Crippen LogP contribution is -2.29. The van der Waals surface area contributed by atoms with Gasteiger partial charge in [-0.15, -0.1) is 0 Å². The van der Waals surface area contributed by atoms with Crippen LogP contribution in [0.1, 0.15) is 33.9 Å². The summed E-state index contributed by atoms with van der Waals surface area (Å²) in [5.41, 5.74) is 8.76. The van der Waals surface area contributed by atoms with Crippen LogP contribution < -0.4 is 11.3 Å². The molecule has 0 saturated carbocycles. The molecule has 2 rings (SSSR count). The Hall–Kier alpha value is -1.42. The van der Waals surface area contributed by atoms with E-state index in [1.807, 2.05) is 6.07 Å². The van der Waals surface area contributed by atoms with E-state index in [1.54, 1.807) is 12.3 Å². The molecular formula is C15H18ClN3. The van der Waals surface area contributed by atoms with E-state index in [-0.39, 0.29) is 6.04 Å². The number of hydrogen-bond acceptors (Lipinski definition) is 3. The highest BCUT2D eigenvalue weighted by molar-refractivity contribution is 6.29. The summed E-state index contributed by atoms with van der Waals surface area (Å²) in [5, 5.41) is 0.483. The molecule has 1 aromatic heterocycles. The molecule has 19 heavy (non-hydrogen) atoms. The minimum absolute atomic E-state index is 0.0796. The molecule has 0 spiro atoms. The predicted molar refractivity (Wildman–Crippen MR) is 79.1 cm³/mol. The Morgan fingerprint density at radius 1 is 1.11 bits per heavy atom. The van der Waals surface area contributed by atoms with Crippen LogP contribution in [0.15, 0.2) is 30.5 Å². The maximum atomic E-state index is 5.82. The van der Waals surface area contributed by atoms with E-state index in [0.29, 0.717) is 5.15 Å². The van der Waals surface area contributed by atoms with Gasteiger partial charge in [-0.2, -0.15) is 0 Å². The maximum absolute atomic E-state index is 5.82. The van der Waals surface area contributed by atoms with Gasteiger partial charge in [0.15, 0.2) is 0 Å². The van der Waals surface area contributed by atoms with Crippen molar-refractivity contribution >= 4 is 11.6 Å². The molecule has 1 aromatic carbocycles. The predicted octanol–water partition coefficient (Wildman–Crippen LogP) is 3.21. The normalized spacial score (nSPS) is 12.5. The topological polar surface area (TPSA) is 50.9 Å². The third kappa shape index (κ3) is 2.95. The van der Waals surface area contributed by atoms with Crippen molar-refractivity contribution in [3.8, 4) is 0 Å². The number of halogens is 1. The molecule has 0 saturated heterocycles. The largest absolute Gasteiger partial charge is 0.271 e. The first-order valence-corrected chi connectivity index (χ1v) is 6.56. The second-order valence-corrected chi connectivity index (χ2v) is 5.19. The van der Waals surface area contributed by atoms with Crippen molar-refractivity contribution in [1.29, 1.82) is 0 Å². The van der Waals surface area contributed by atoms with Crippen LogP contribution in [0.5, 0.6) is 0 Å². The monoisotopic (exact) mass is 275 g/mol. The summed E-state index contributed by atoms with van der Waals surface area (Å²) in [4.78, 5) is 4.11. The van der Waals surface area contributed by atoms with Crippen molar-refractivity contribution in [2.75, 3.05) is 0 Å². The first kappa shape index (κ1) is 14.0. The van der Waals surface area contributed by atoms with Gasteiger partial charge < -0.3 is 0 Å². The molecule has 0 bridgehead atoms. The van der Waals surface area contributed by atoms with Gasteiger partial charge in [0.2, 0.25) is 0 Å². The molecule has 0 radical (unpaired) electrons. The van der Waals surface area contributed by atoms with Crippen LogP contribution in [-0.2, 0) is 0 Å². The van der Waals surface area contributed by atoms with Gasteiger partial charge in [-0.1, -0.05) is 29.8 Å². The number of hydrogen-bond donors (Lipinski definition) is 2. The van der Waals surface area contributed by atoms with Gasteiger partial charge in [0, 0.05) is 6.20 Å². The summed E-state index contributed by atoms with van der Waals surface area (Å²) in [7, 11) is 0. The van der Waals surface area contributed by atoms with E-state index < -0.39 is 0 Å². The molecule has 0 amide bonds. The number of nitrogens with one attached hydrogen (secondary N) is 1. The molecule has 0 aliphatic rings. The molecule has 3 nitrogen and oxygen atoms in total. The molecule has 1 heterocycles. The van der Waals surface area contributed by atoms with Gasteiger partial charge >= 0.3 is 0 Å². The van der Waals surface area contributed by atoms with Gasteiger partial charge in [0.05, 0.1) is 6.04 Å². The van der Waals surface area contributed by atoms with E-state index in [1.165, 1.54) is 16.7 Å². The molecule has 0 aliphatic carbocycles. The van der Waals surface area contributed by atoms with E-state index >= 15 is 0 Å². The highest BCUT2D eigenvalue weighted by Gasteiger charge is 2.16. The lowest BCUT2D eigenvalue weighted by molar-refractivity contribution is 0.631. The van der Waals surface area contributed by atoms with Crippen LogP contribution in [0.2, 0.25) is 5.15 Å². The fraction of sp³-hybridized carbons (Fsp3) is 0.267. The van der Waals surface area contributed by atoms with Crippen LogP contribution in [0.4, 0.5) is 0 Å². The van der Waals surface area contributed by atoms with Gasteiger partial charge in [0.1, 0.15) is 5.15 Å². The lowest BCUT2D eigenvalue weighted by Gasteiger charge is -2.20. The molecule has 1 atom stereocenters. The minimum Gasteiger partial charge on any atom is -0.271 e. The number of rotatable bonds is 3.